The Balaban J connectivity index is 2.32. The average molecular weight is 252 g/mol. The van der Waals surface area contributed by atoms with Gasteiger partial charge in [0, 0.05) is 17.3 Å². The Kier molecular flexibility index (Phi) is 2.52. The highest BCUT2D eigenvalue weighted by Crippen LogP contribution is 2.21. The van der Waals surface area contributed by atoms with E-state index in [0.29, 0.717) is 5.65 Å². The number of aromatic carboxylic acids is 1. The molecule has 0 spiro atoms. The minimum atomic E-state index is -1.30. The first kappa shape index (κ1) is 11.4. The van der Waals surface area contributed by atoms with Crippen LogP contribution >= 0.6 is 0 Å². The first-order chi connectivity index (χ1) is 9.15. The molecule has 1 aromatic carbocycles. The van der Waals surface area contributed by atoms with E-state index in [1.165, 1.54) is 10.6 Å². The predicted molar refractivity (Wildman–Crippen MR) is 67.5 cm³/mol. The van der Waals surface area contributed by atoms with Crippen LogP contribution < -0.4 is 5.11 Å². The molecule has 0 aliphatic heterocycles. The summed E-state index contributed by atoms with van der Waals surface area (Å²) in [7, 11) is 0. The number of hydrogen-bond donors (Lipinski definition) is 0. The lowest BCUT2D eigenvalue weighted by atomic mass is 10.1. The van der Waals surface area contributed by atoms with Crippen LogP contribution in [0.4, 0.5) is 0 Å². The highest BCUT2D eigenvalue weighted by molar-refractivity contribution is 5.85. The number of rotatable bonds is 2. The molecule has 0 saturated carbocycles. The van der Waals surface area contributed by atoms with Gasteiger partial charge in [-0.15, -0.1) is 0 Å². The first-order valence-electron chi connectivity index (χ1n) is 5.79. The molecule has 0 bridgehead atoms. The molecule has 0 atom stereocenters. The molecule has 0 unspecified atom stereocenters. The third-order valence-corrected chi connectivity index (χ3v) is 2.83. The van der Waals surface area contributed by atoms with Crippen molar-refractivity contribution in [3.8, 4) is 11.3 Å². The van der Waals surface area contributed by atoms with E-state index in [1.807, 2.05) is 43.3 Å². The summed E-state index contributed by atoms with van der Waals surface area (Å²) in [5.41, 5.74) is 2.94. The molecule has 2 aromatic heterocycles. The average Bonchev–Trinajstić information content (AvgIpc) is 2.82. The van der Waals surface area contributed by atoms with E-state index in [9.17, 15) is 9.90 Å². The summed E-state index contributed by atoms with van der Waals surface area (Å²) in [6.07, 6.45) is 0. The van der Waals surface area contributed by atoms with E-state index in [-0.39, 0.29) is 5.69 Å². The Labute approximate surface area is 109 Å². The Morgan fingerprint density at radius 3 is 2.63 bits per heavy atom. The molecule has 3 aromatic rings. The molecule has 0 fully saturated rings. The van der Waals surface area contributed by atoms with Crippen LogP contribution in [0.15, 0.2) is 42.5 Å². The largest absolute Gasteiger partial charge is 0.543 e. The van der Waals surface area contributed by atoms with Crippen molar-refractivity contribution in [2.24, 2.45) is 0 Å². The summed E-state index contributed by atoms with van der Waals surface area (Å²) >= 11 is 0. The summed E-state index contributed by atoms with van der Waals surface area (Å²) < 4.78 is 1.52. The van der Waals surface area contributed by atoms with Crippen molar-refractivity contribution in [2.75, 3.05) is 0 Å². The van der Waals surface area contributed by atoms with Crippen molar-refractivity contribution in [1.29, 1.82) is 0 Å². The zero-order chi connectivity index (χ0) is 13.4. The van der Waals surface area contributed by atoms with Gasteiger partial charge in [0.05, 0.1) is 11.7 Å². The molecular formula is C14H10N3O2-. The van der Waals surface area contributed by atoms with Crippen molar-refractivity contribution < 1.29 is 9.90 Å². The minimum Gasteiger partial charge on any atom is -0.543 e. The van der Waals surface area contributed by atoms with Crippen molar-refractivity contribution in [1.82, 2.24) is 14.6 Å². The smallest absolute Gasteiger partial charge is 0.156 e. The van der Waals surface area contributed by atoms with Gasteiger partial charge in [-0.1, -0.05) is 30.3 Å². The maximum absolute atomic E-state index is 10.9. The summed E-state index contributed by atoms with van der Waals surface area (Å²) in [5.74, 6) is -1.30. The van der Waals surface area contributed by atoms with Crippen LogP contribution in [-0.4, -0.2) is 20.6 Å². The van der Waals surface area contributed by atoms with E-state index in [4.69, 9.17) is 0 Å². The Morgan fingerprint density at radius 1 is 1.21 bits per heavy atom. The highest BCUT2D eigenvalue weighted by Gasteiger charge is 2.10. The zero-order valence-corrected chi connectivity index (χ0v) is 10.2. The van der Waals surface area contributed by atoms with Crippen molar-refractivity contribution in [3.05, 3.63) is 53.9 Å². The van der Waals surface area contributed by atoms with Gasteiger partial charge in [-0.25, -0.2) is 9.50 Å². The number of fused-ring (bicyclic) bond motifs is 1. The SMILES string of the molecule is Cc1cc(-c2ccccc2)n2nc(C(=O)[O-])cc2n1. The quantitative estimate of drug-likeness (QED) is 0.684. The maximum atomic E-state index is 10.9. The minimum absolute atomic E-state index is 0.115. The fourth-order valence-corrected chi connectivity index (χ4v) is 2.01. The number of nitrogens with zero attached hydrogens (tertiary/aromatic N) is 3. The number of carbonyl (C=O) groups is 1. The van der Waals surface area contributed by atoms with Crippen molar-refractivity contribution in [3.63, 3.8) is 0 Å². The number of hydrogen-bond acceptors (Lipinski definition) is 4. The molecule has 2 heterocycles. The Hall–Kier alpha value is -2.69. The van der Waals surface area contributed by atoms with Gasteiger partial charge in [-0.05, 0) is 13.0 Å². The van der Waals surface area contributed by atoms with Crippen LogP contribution in [0.2, 0.25) is 0 Å². The maximum Gasteiger partial charge on any atom is 0.156 e. The second kappa shape index (κ2) is 4.20. The van der Waals surface area contributed by atoms with Gasteiger partial charge in [0.2, 0.25) is 0 Å². The molecular weight excluding hydrogens is 242 g/mol. The summed E-state index contributed by atoms with van der Waals surface area (Å²) in [6.45, 7) is 1.86. The van der Waals surface area contributed by atoms with Gasteiger partial charge in [-0.2, -0.15) is 5.10 Å². The van der Waals surface area contributed by atoms with Gasteiger partial charge >= 0.3 is 0 Å². The number of benzene rings is 1. The normalized spacial score (nSPS) is 10.8. The lowest BCUT2D eigenvalue weighted by molar-refractivity contribution is -0.255. The molecule has 0 radical (unpaired) electrons. The predicted octanol–water partition coefficient (Wildman–Crippen LogP) is 1.07. The van der Waals surface area contributed by atoms with E-state index in [2.05, 4.69) is 10.1 Å². The molecule has 3 rings (SSSR count). The summed E-state index contributed by atoms with van der Waals surface area (Å²) in [5, 5.41) is 14.9. The highest BCUT2D eigenvalue weighted by atomic mass is 16.4. The van der Waals surface area contributed by atoms with Crippen molar-refractivity contribution >= 4 is 11.6 Å². The zero-order valence-electron chi connectivity index (χ0n) is 10.2. The van der Waals surface area contributed by atoms with Crippen LogP contribution in [0.25, 0.3) is 16.9 Å². The lowest BCUT2D eigenvalue weighted by Gasteiger charge is -2.05. The number of aromatic nitrogens is 3. The molecule has 94 valence electrons. The van der Waals surface area contributed by atoms with Gasteiger partial charge in [0.1, 0.15) is 5.69 Å². The standard InChI is InChI=1S/C14H11N3O2/c1-9-7-12(10-5-3-2-4-6-10)17-13(15-9)8-11(16-17)14(18)19/h2-8H,1H3,(H,18,19)/p-1. The van der Waals surface area contributed by atoms with Gasteiger partial charge < -0.3 is 9.90 Å². The van der Waals surface area contributed by atoms with Gasteiger partial charge in [0.25, 0.3) is 0 Å². The van der Waals surface area contributed by atoms with Gasteiger partial charge in [-0.3, -0.25) is 0 Å². The molecule has 0 N–H and O–H groups in total. The molecule has 5 nitrogen and oxygen atoms in total. The first-order valence-corrected chi connectivity index (χ1v) is 5.79. The van der Waals surface area contributed by atoms with Crippen LogP contribution in [0.5, 0.6) is 0 Å². The molecule has 0 saturated heterocycles. The Morgan fingerprint density at radius 2 is 1.95 bits per heavy atom. The lowest BCUT2D eigenvalue weighted by Crippen LogP contribution is -2.22. The second-order valence-electron chi connectivity index (χ2n) is 4.24. The van der Waals surface area contributed by atoms with Crippen LogP contribution in [0, 0.1) is 6.92 Å². The third-order valence-electron chi connectivity index (χ3n) is 2.83. The van der Waals surface area contributed by atoms with E-state index < -0.39 is 5.97 Å². The molecule has 0 amide bonds. The molecule has 19 heavy (non-hydrogen) atoms. The number of aryl methyl sites for hydroxylation is 1. The van der Waals surface area contributed by atoms with Crippen LogP contribution in [-0.2, 0) is 0 Å². The van der Waals surface area contributed by atoms with Crippen LogP contribution in [0.1, 0.15) is 16.2 Å². The molecule has 0 aliphatic rings. The fraction of sp³-hybridized carbons (Fsp3) is 0.0714. The van der Waals surface area contributed by atoms with Gasteiger partial charge in [0.15, 0.2) is 5.65 Å². The monoisotopic (exact) mass is 252 g/mol. The van der Waals surface area contributed by atoms with Crippen LogP contribution in [0.3, 0.4) is 0 Å². The molecule has 0 aliphatic carbocycles. The second-order valence-corrected chi connectivity index (χ2v) is 4.24. The number of carbonyl (C=O) groups excluding carboxylic acids is 1. The summed E-state index contributed by atoms with van der Waals surface area (Å²) in [6, 6.07) is 12.9. The summed E-state index contributed by atoms with van der Waals surface area (Å²) in [4.78, 5) is 15.2. The van der Waals surface area contributed by atoms with E-state index in [0.717, 1.165) is 17.0 Å². The topological polar surface area (TPSA) is 70.3 Å². The van der Waals surface area contributed by atoms with E-state index >= 15 is 0 Å². The number of carboxylic acids is 1. The number of carboxylic acid groups (broad SMARTS) is 1. The van der Waals surface area contributed by atoms with Crippen molar-refractivity contribution in [2.45, 2.75) is 6.92 Å². The third kappa shape index (κ3) is 1.95. The molecule has 5 heteroatoms. The fourth-order valence-electron chi connectivity index (χ4n) is 2.01. The Bertz CT molecular complexity index is 763. The van der Waals surface area contributed by atoms with E-state index in [1.54, 1.807) is 0 Å².